The van der Waals surface area contributed by atoms with Crippen LogP contribution in [-0.2, 0) is 14.9 Å². The summed E-state index contributed by atoms with van der Waals surface area (Å²) in [4.78, 5) is 0. The molecule has 15 heavy (non-hydrogen) atoms. The second-order valence-electron chi connectivity index (χ2n) is 3.38. The van der Waals surface area contributed by atoms with Gasteiger partial charge >= 0.3 is 0 Å². The van der Waals surface area contributed by atoms with E-state index >= 15 is 0 Å². The molecule has 0 aromatic carbocycles. The van der Waals surface area contributed by atoms with Crippen LogP contribution >= 0.6 is 11.6 Å². The molecule has 1 fully saturated rings. The van der Waals surface area contributed by atoms with E-state index in [0.29, 0.717) is 45.1 Å². The van der Waals surface area contributed by atoms with E-state index < -0.39 is 10.2 Å². The SMILES string of the molecule is CN(CCCCl)S(=O)(=O)N1CCOCC1. The Morgan fingerprint density at radius 1 is 1.40 bits per heavy atom. The molecule has 0 amide bonds. The maximum Gasteiger partial charge on any atom is 0.281 e. The molecule has 1 aliphatic heterocycles. The first-order valence-electron chi connectivity index (χ1n) is 4.94. The Morgan fingerprint density at radius 2 is 2.00 bits per heavy atom. The largest absolute Gasteiger partial charge is 0.379 e. The summed E-state index contributed by atoms with van der Waals surface area (Å²) >= 11 is 5.53. The molecule has 0 saturated carbocycles. The van der Waals surface area contributed by atoms with Crippen molar-refractivity contribution in [3.63, 3.8) is 0 Å². The molecule has 1 rings (SSSR count). The van der Waals surface area contributed by atoms with Gasteiger partial charge in [0, 0.05) is 32.6 Å². The minimum atomic E-state index is -3.31. The number of hydrogen-bond donors (Lipinski definition) is 0. The van der Waals surface area contributed by atoms with Gasteiger partial charge in [-0.1, -0.05) is 0 Å². The zero-order valence-electron chi connectivity index (χ0n) is 8.86. The first kappa shape index (κ1) is 13.2. The Morgan fingerprint density at radius 3 is 2.53 bits per heavy atom. The summed E-state index contributed by atoms with van der Waals surface area (Å²) in [7, 11) is -1.73. The van der Waals surface area contributed by atoms with Crippen LogP contribution in [0, 0.1) is 0 Å². The van der Waals surface area contributed by atoms with Crippen molar-refractivity contribution in [3.05, 3.63) is 0 Å². The third kappa shape index (κ3) is 3.57. The van der Waals surface area contributed by atoms with E-state index in [0.717, 1.165) is 0 Å². The van der Waals surface area contributed by atoms with Crippen molar-refractivity contribution in [1.82, 2.24) is 8.61 Å². The van der Waals surface area contributed by atoms with E-state index in [1.165, 1.54) is 8.61 Å². The van der Waals surface area contributed by atoms with Gasteiger partial charge < -0.3 is 4.74 Å². The van der Waals surface area contributed by atoms with Crippen LogP contribution in [-0.4, -0.2) is 62.8 Å². The van der Waals surface area contributed by atoms with Gasteiger partial charge in [0.25, 0.3) is 10.2 Å². The molecular weight excluding hydrogens is 240 g/mol. The van der Waals surface area contributed by atoms with Crippen LogP contribution in [0.15, 0.2) is 0 Å². The van der Waals surface area contributed by atoms with Crippen molar-refractivity contribution in [1.29, 1.82) is 0 Å². The van der Waals surface area contributed by atoms with E-state index in [2.05, 4.69) is 0 Å². The standard InChI is InChI=1S/C8H17ClN2O3S/c1-10(4-2-3-9)15(12,13)11-5-7-14-8-6-11/h2-8H2,1H3. The van der Waals surface area contributed by atoms with Crippen molar-refractivity contribution in [2.75, 3.05) is 45.8 Å². The van der Waals surface area contributed by atoms with Crippen LogP contribution in [0.4, 0.5) is 0 Å². The Balaban J connectivity index is 2.55. The predicted molar refractivity (Wildman–Crippen MR) is 59.3 cm³/mol. The second kappa shape index (κ2) is 6.00. The lowest BCUT2D eigenvalue weighted by atomic mass is 10.5. The summed E-state index contributed by atoms with van der Waals surface area (Å²) in [6, 6.07) is 0. The summed E-state index contributed by atoms with van der Waals surface area (Å²) in [5.74, 6) is 0.475. The fourth-order valence-electron chi connectivity index (χ4n) is 1.37. The van der Waals surface area contributed by atoms with Crippen LogP contribution in [0.2, 0.25) is 0 Å². The zero-order valence-corrected chi connectivity index (χ0v) is 10.4. The molecule has 1 heterocycles. The Kier molecular flexibility index (Phi) is 5.28. The van der Waals surface area contributed by atoms with Crippen LogP contribution in [0.3, 0.4) is 0 Å². The van der Waals surface area contributed by atoms with Gasteiger partial charge in [0.15, 0.2) is 0 Å². The Bertz CT molecular complexity index is 278. The number of ether oxygens (including phenoxy) is 1. The monoisotopic (exact) mass is 256 g/mol. The third-order valence-corrected chi connectivity index (χ3v) is 4.55. The summed E-state index contributed by atoms with van der Waals surface area (Å²) < 4.78 is 31.8. The van der Waals surface area contributed by atoms with E-state index in [1.807, 2.05) is 0 Å². The zero-order chi connectivity index (χ0) is 11.3. The van der Waals surface area contributed by atoms with E-state index in [4.69, 9.17) is 16.3 Å². The van der Waals surface area contributed by atoms with E-state index in [9.17, 15) is 8.42 Å². The fourth-order valence-corrected chi connectivity index (χ4v) is 2.86. The lowest BCUT2D eigenvalue weighted by Crippen LogP contribution is -2.47. The number of alkyl halides is 1. The smallest absolute Gasteiger partial charge is 0.281 e. The summed E-state index contributed by atoms with van der Waals surface area (Å²) in [6.07, 6.45) is 0.668. The fraction of sp³-hybridized carbons (Fsp3) is 1.00. The summed E-state index contributed by atoms with van der Waals surface area (Å²) in [5, 5.41) is 0. The molecule has 0 radical (unpaired) electrons. The molecule has 90 valence electrons. The molecule has 0 aromatic heterocycles. The molecule has 5 nitrogen and oxygen atoms in total. The highest BCUT2D eigenvalue weighted by molar-refractivity contribution is 7.86. The average Bonchev–Trinajstić information content (AvgIpc) is 2.27. The molecule has 0 atom stereocenters. The van der Waals surface area contributed by atoms with E-state index in [-0.39, 0.29) is 0 Å². The molecule has 1 saturated heterocycles. The molecule has 0 unspecified atom stereocenters. The van der Waals surface area contributed by atoms with Crippen molar-refractivity contribution in [2.24, 2.45) is 0 Å². The third-order valence-electron chi connectivity index (χ3n) is 2.30. The van der Waals surface area contributed by atoms with Gasteiger partial charge in [0.2, 0.25) is 0 Å². The van der Waals surface area contributed by atoms with Crippen molar-refractivity contribution in [2.45, 2.75) is 6.42 Å². The maximum absolute atomic E-state index is 11.9. The molecule has 7 heteroatoms. The number of hydrogen-bond acceptors (Lipinski definition) is 3. The van der Waals surface area contributed by atoms with Crippen molar-refractivity contribution < 1.29 is 13.2 Å². The lowest BCUT2D eigenvalue weighted by Gasteiger charge is -2.30. The van der Waals surface area contributed by atoms with Gasteiger partial charge in [-0.2, -0.15) is 17.0 Å². The summed E-state index contributed by atoms with van der Waals surface area (Å²) in [6.45, 7) is 2.29. The normalized spacial score (nSPS) is 19.7. The Hall–Kier alpha value is 0.120. The van der Waals surface area contributed by atoms with Crippen LogP contribution < -0.4 is 0 Å². The molecule has 0 bridgehead atoms. The second-order valence-corrected chi connectivity index (χ2v) is 5.80. The molecule has 0 aromatic rings. The van der Waals surface area contributed by atoms with Crippen molar-refractivity contribution in [3.8, 4) is 0 Å². The molecule has 0 spiro atoms. The van der Waals surface area contributed by atoms with Gasteiger partial charge in [-0.3, -0.25) is 0 Å². The van der Waals surface area contributed by atoms with Crippen LogP contribution in [0.25, 0.3) is 0 Å². The maximum atomic E-state index is 11.9. The summed E-state index contributed by atoms with van der Waals surface area (Å²) in [5.41, 5.74) is 0. The lowest BCUT2D eigenvalue weighted by molar-refractivity contribution is 0.0706. The Labute approximate surface area is 96.1 Å². The quantitative estimate of drug-likeness (QED) is 0.657. The van der Waals surface area contributed by atoms with Gasteiger partial charge in [-0.05, 0) is 6.42 Å². The first-order chi connectivity index (χ1) is 7.09. The number of nitrogens with zero attached hydrogens (tertiary/aromatic N) is 2. The highest BCUT2D eigenvalue weighted by Crippen LogP contribution is 2.09. The molecular formula is C8H17ClN2O3S. The number of rotatable bonds is 5. The number of morpholine rings is 1. The van der Waals surface area contributed by atoms with E-state index in [1.54, 1.807) is 7.05 Å². The minimum absolute atomic E-state index is 0.438. The predicted octanol–water partition coefficient (Wildman–Crippen LogP) is 0.124. The van der Waals surface area contributed by atoms with Crippen LogP contribution in [0.1, 0.15) is 6.42 Å². The van der Waals surface area contributed by atoms with Crippen molar-refractivity contribution >= 4 is 21.8 Å². The molecule has 0 aliphatic carbocycles. The highest BCUT2D eigenvalue weighted by Gasteiger charge is 2.27. The van der Waals surface area contributed by atoms with Gasteiger partial charge in [-0.25, -0.2) is 0 Å². The molecule has 0 N–H and O–H groups in total. The van der Waals surface area contributed by atoms with Gasteiger partial charge in [0.1, 0.15) is 0 Å². The highest BCUT2D eigenvalue weighted by atomic mass is 35.5. The minimum Gasteiger partial charge on any atom is -0.379 e. The topological polar surface area (TPSA) is 49.9 Å². The van der Waals surface area contributed by atoms with Gasteiger partial charge in [0.05, 0.1) is 13.2 Å². The number of halogens is 1. The molecule has 1 aliphatic rings. The van der Waals surface area contributed by atoms with Gasteiger partial charge in [-0.15, -0.1) is 11.6 Å². The first-order valence-corrected chi connectivity index (χ1v) is 6.87. The average molecular weight is 257 g/mol. The van der Waals surface area contributed by atoms with Crippen LogP contribution in [0.5, 0.6) is 0 Å².